The third kappa shape index (κ3) is 4.75. The van der Waals surface area contributed by atoms with Crippen molar-refractivity contribution in [3.8, 4) is 0 Å². The Labute approximate surface area is 113 Å². The highest BCUT2D eigenvalue weighted by atomic mass is 79.9. The van der Waals surface area contributed by atoms with E-state index in [2.05, 4.69) is 26.6 Å². The Morgan fingerprint density at radius 3 is 2.65 bits per heavy atom. The molecule has 0 bridgehead atoms. The van der Waals surface area contributed by atoms with Crippen LogP contribution in [-0.4, -0.2) is 25.4 Å². The molecule has 0 unspecified atom stereocenters. The van der Waals surface area contributed by atoms with E-state index in [0.29, 0.717) is 17.1 Å². The Kier molecular flexibility index (Phi) is 5.44. The average molecular weight is 320 g/mol. The molecule has 92 valence electrons. The van der Waals surface area contributed by atoms with Crippen molar-refractivity contribution in [3.05, 3.63) is 33.3 Å². The van der Waals surface area contributed by atoms with Crippen LogP contribution in [0, 0.1) is 0 Å². The number of benzene rings is 1. The predicted octanol–water partition coefficient (Wildman–Crippen LogP) is 1.97. The summed E-state index contributed by atoms with van der Waals surface area (Å²) in [6.07, 6.45) is 0.254. The molecule has 4 nitrogen and oxygen atoms in total. The van der Waals surface area contributed by atoms with Crippen molar-refractivity contribution in [2.45, 2.75) is 6.42 Å². The van der Waals surface area contributed by atoms with Crippen molar-refractivity contribution in [2.75, 3.05) is 13.6 Å². The van der Waals surface area contributed by atoms with Crippen LogP contribution in [0.15, 0.2) is 22.7 Å². The highest BCUT2D eigenvalue weighted by molar-refractivity contribution is 9.10. The van der Waals surface area contributed by atoms with E-state index in [1.165, 1.54) is 0 Å². The molecule has 0 atom stereocenters. The summed E-state index contributed by atoms with van der Waals surface area (Å²) < 4.78 is 0.737. The maximum Gasteiger partial charge on any atom is 0.251 e. The van der Waals surface area contributed by atoms with Crippen molar-refractivity contribution in [1.29, 1.82) is 0 Å². The normalized spacial score (nSPS) is 9.82. The highest BCUT2D eigenvalue weighted by Crippen LogP contribution is 2.19. The molecule has 6 heteroatoms. The monoisotopic (exact) mass is 318 g/mol. The molecule has 0 aliphatic carbocycles. The van der Waals surface area contributed by atoms with Gasteiger partial charge in [-0.15, -0.1) is 0 Å². The lowest BCUT2D eigenvalue weighted by molar-refractivity contribution is -0.120. The van der Waals surface area contributed by atoms with E-state index in [0.717, 1.165) is 4.47 Å². The Morgan fingerprint density at radius 2 is 2.06 bits per heavy atom. The molecule has 0 radical (unpaired) electrons. The summed E-state index contributed by atoms with van der Waals surface area (Å²) >= 11 is 9.08. The molecule has 2 N–H and O–H groups in total. The molecule has 0 saturated carbocycles. The SMILES string of the molecule is CNC(=O)CCNC(=O)c1cc(Cl)cc(Br)c1. The quantitative estimate of drug-likeness (QED) is 0.891. The van der Waals surface area contributed by atoms with Gasteiger partial charge in [0.2, 0.25) is 5.91 Å². The fraction of sp³-hybridized carbons (Fsp3) is 0.273. The predicted molar refractivity (Wildman–Crippen MR) is 70.2 cm³/mol. The molecule has 0 aromatic heterocycles. The summed E-state index contributed by atoms with van der Waals surface area (Å²) in [4.78, 5) is 22.6. The maximum absolute atomic E-state index is 11.7. The van der Waals surface area contributed by atoms with Crippen molar-refractivity contribution in [3.63, 3.8) is 0 Å². The number of hydrogen-bond acceptors (Lipinski definition) is 2. The maximum atomic E-state index is 11.7. The lowest BCUT2D eigenvalue weighted by Gasteiger charge is -2.05. The topological polar surface area (TPSA) is 58.2 Å². The molecule has 0 aliphatic heterocycles. The second-order valence-electron chi connectivity index (χ2n) is 3.34. The smallest absolute Gasteiger partial charge is 0.251 e. The molecule has 17 heavy (non-hydrogen) atoms. The first-order chi connectivity index (χ1) is 8.02. The Bertz CT molecular complexity index is 417. The largest absolute Gasteiger partial charge is 0.359 e. The van der Waals surface area contributed by atoms with Crippen LogP contribution < -0.4 is 10.6 Å². The molecule has 2 amide bonds. The number of rotatable bonds is 4. The van der Waals surface area contributed by atoms with E-state index in [4.69, 9.17) is 11.6 Å². The first-order valence-corrected chi connectivity index (χ1v) is 6.15. The van der Waals surface area contributed by atoms with E-state index >= 15 is 0 Å². The van der Waals surface area contributed by atoms with E-state index in [1.54, 1.807) is 25.2 Å². The first kappa shape index (κ1) is 14.0. The number of carbonyl (C=O) groups is 2. The number of hydrogen-bond donors (Lipinski definition) is 2. The minimum absolute atomic E-state index is 0.113. The summed E-state index contributed by atoms with van der Waals surface area (Å²) in [5, 5.41) is 5.60. The molecule has 0 aliphatic rings. The van der Waals surface area contributed by atoms with Crippen LogP contribution in [0.1, 0.15) is 16.8 Å². The van der Waals surface area contributed by atoms with Crippen LogP contribution in [0.25, 0.3) is 0 Å². The summed E-state index contributed by atoms with van der Waals surface area (Å²) in [6.45, 7) is 0.294. The van der Waals surface area contributed by atoms with Crippen LogP contribution in [0.4, 0.5) is 0 Å². The Balaban J connectivity index is 2.55. The van der Waals surface area contributed by atoms with Crippen molar-refractivity contribution in [2.24, 2.45) is 0 Å². The standard InChI is InChI=1S/C11H12BrClN2O2/c1-14-10(16)2-3-15-11(17)7-4-8(12)6-9(13)5-7/h4-6H,2-3H2,1H3,(H,14,16)(H,15,17). The van der Waals surface area contributed by atoms with Gasteiger partial charge in [-0.3, -0.25) is 9.59 Å². The van der Waals surface area contributed by atoms with Gasteiger partial charge in [0.1, 0.15) is 0 Å². The molecular formula is C11H12BrClN2O2. The van der Waals surface area contributed by atoms with Gasteiger partial charge in [-0.25, -0.2) is 0 Å². The Hall–Kier alpha value is -1.07. The Morgan fingerprint density at radius 1 is 1.35 bits per heavy atom. The van der Waals surface area contributed by atoms with Gasteiger partial charge in [0.15, 0.2) is 0 Å². The summed E-state index contributed by atoms with van der Waals surface area (Å²) in [5.74, 6) is -0.366. The highest BCUT2D eigenvalue weighted by Gasteiger charge is 2.07. The minimum atomic E-state index is -0.253. The van der Waals surface area contributed by atoms with Crippen molar-refractivity contribution < 1.29 is 9.59 Å². The lowest BCUT2D eigenvalue weighted by atomic mass is 10.2. The molecule has 0 heterocycles. The van der Waals surface area contributed by atoms with E-state index < -0.39 is 0 Å². The van der Waals surface area contributed by atoms with Crippen molar-refractivity contribution >= 4 is 39.3 Å². The zero-order valence-corrected chi connectivity index (χ0v) is 11.6. The van der Waals surface area contributed by atoms with Gasteiger partial charge in [-0.05, 0) is 18.2 Å². The van der Waals surface area contributed by atoms with Crippen LogP contribution in [0.3, 0.4) is 0 Å². The van der Waals surface area contributed by atoms with Crippen LogP contribution in [-0.2, 0) is 4.79 Å². The minimum Gasteiger partial charge on any atom is -0.359 e. The average Bonchev–Trinajstić information content (AvgIpc) is 2.27. The van der Waals surface area contributed by atoms with Gasteiger partial charge in [-0.2, -0.15) is 0 Å². The van der Waals surface area contributed by atoms with Gasteiger partial charge >= 0.3 is 0 Å². The number of carbonyl (C=O) groups excluding carboxylic acids is 2. The molecule has 0 spiro atoms. The molecule has 1 rings (SSSR count). The fourth-order valence-corrected chi connectivity index (χ4v) is 2.06. The van der Waals surface area contributed by atoms with E-state index in [1.807, 2.05) is 0 Å². The molecule has 0 fully saturated rings. The van der Waals surface area contributed by atoms with Gasteiger partial charge in [-0.1, -0.05) is 27.5 Å². The van der Waals surface area contributed by atoms with E-state index in [9.17, 15) is 9.59 Å². The first-order valence-electron chi connectivity index (χ1n) is 4.98. The number of amides is 2. The third-order valence-corrected chi connectivity index (χ3v) is 2.72. The summed E-state index contributed by atoms with van der Waals surface area (Å²) in [5.41, 5.74) is 0.460. The van der Waals surface area contributed by atoms with Crippen LogP contribution in [0.2, 0.25) is 5.02 Å². The third-order valence-electron chi connectivity index (χ3n) is 2.04. The zero-order valence-electron chi connectivity index (χ0n) is 9.22. The van der Waals surface area contributed by atoms with Crippen LogP contribution in [0.5, 0.6) is 0 Å². The van der Waals surface area contributed by atoms with Gasteiger partial charge in [0.05, 0.1) is 0 Å². The fourth-order valence-electron chi connectivity index (χ4n) is 1.20. The summed E-state index contributed by atoms with van der Waals surface area (Å²) in [7, 11) is 1.55. The number of nitrogens with one attached hydrogen (secondary N) is 2. The molecule has 0 saturated heterocycles. The van der Waals surface area contributed by atoms with Gasteiger partial charge in [0, 0.05) is 35.1 Å². The van der Waals surface area contributed by atoms with Gasteiger partial charge in [0.25, 0.3) is 5.91 Å². The second kappa shape index (κ2) is 6.61. The summed E-state index contributed by atoms with van der Waals surface area (Å²) in [6, 6.07) is 4.94. The molecule has 1 aromatic carbocycles. The second-order valence-corrected chi connectivity index (χ2v) is 4.69. The molecule has 1 aromatic rings. The molecular weight excluding hydrogens is 307 g/mol. The zero-order chi connectivity index (χ0) is 12.8. The number of halogens is 2. The van der Waals surface area contributed by atoms with Crippen LogP contribution >= 0.6 is 27.5 Å². The lowest BCUT2D eigenvalue weighted by Crippen LogP contribution is -2.29. The van der Waals surface area contributed by atoms with E-state index in [-0.39, 0.29) is 18.2 Å². The van der Waals surface area contributed by atoms with Crippen molar-refractivity contribution in [1.82, 2.24) is 10.6 Å². The van der Waals surface area contributed by atoms with Gasteiger partial charge < -0.3 is 10.6 Å².